The molecule has 1 aliphatic rings. The minimum Gasteiger partial charge on any atom is -0.350 e. The third-order valence-electron chi connectivity index (χ3n) is 1.48. The Morgan fingerprint density at radius 2 is 2.30 bits per heavy atom. The Hall–Kier alpha value is -1.39. The largest absolute Gasteiger partial charge is 0.350 e. The molecule has 0 fully saturated rings. The zero-order valence-electron chi connectivity index (χ0n) is 5.22. The number of nitrogens with one attached hydrogen (secondary N) is 2. The summed E-state index contributed by atoms with van der Waals surface area (Å²) in [5, 5.41) is 12.6. The number of rotatable bonds is 0. The van der Waals surface area contributed by atoms with E-state index in [2.05, 4.69) is 20.7 Å². The van der Waals surface area contributed by atoms with Crippen molar-refractivity contribution in [2.75, 3.05) is 6.54 Å². The topological polar surface area (TPSA) is 70.7 Å². The number of carbonyl (C=O) groups is 1. The van der Waals surface area contributed by atoms with Gasteiger partial charge in [-0.05, 0) is 0 Å². The first-order valence-corrected chi connectivity index (χ1v) is 3.06. The number of aromatic nitrogens is 3. The standard InChI is InChI=1S/C5H6N4O/c10-5-4-3(1-2-6-5)7-9-8-4/h1-2H2,(H,6,10)(H,7,8,9). The van der Waals surface area contributed by atoms with Crippen LogP contribution < -0.4 is 5.32 Å². The van der Waals surface area contributed by atoms with Crippen molar-refractivity contribution in [1.82, 2.24) is 20.7 Å². The van der Waals surface area contributed by atoms with Crippen LogP contribution in [-0.4, -0.2) is 27.9 Å². The number of H-pyrrole nitrogens is 1. The molecule has 0 unspecified atom stereocenters. The first-order valence-electron chi connectivity index (χ1n) is 3.06. The van der Waals surface area contributed by atoms with Crippen LogP contribution in [0.4, 0.5) is 0 Å². The van der Waals surface area contributed by atoms with Gasteiger partial charge in [0.15, 0.2) is 5.69 Å². The van der Waals surface area contributed by atoms with Gasteiger partial charge in [0.25, 0.3) is 5.91 Å². The molecule has 10 heavy (non-hydrogen) atoms. The van der Waals surface area contributed by atoms with Crippen molar-refractivity contribution >= 4 is 5.91 Å². The van der Waals surface area contributed by atoms with E-state index in [1.54, 1.807) is 0 Å². The molecule has 1 amide bonds. The summed E-state index contributed by atoms with van der Waals surface area (Å²) >= 11 is 0. The van der Waals surface area contributed by atoms with E-state index in [-0.39, 0.29) is 5.91 Å². The summed E-state index contributed by atoms with van der Waals surface area (Å²) in [6, 6.07) is 0. The molecule has 0 saturated heterocycles. The van der Waals surface area contributed by atoms with Gasteiger partial charge in [-0.25, -0.2) is 0 Å². The molecule has 0 spiro atoms. The first-order chi connectivity index (χ1) is 4.88. The Balaban J connectivity index is 2.50. The minimum atomic E-state index is -0.130. The Kier molecular flexibility index (Phi) is 0.969. The average Bonchev–Trinajstić information content (AvgIpc) is 2.36. The van der Waals surface area contributed by atoms with Crippen LogP contribution in [0.15, 0.2) is 0 Å². The minimum absolute atomic E-state index is 0.130. The van der Waals surface area contributed by atoms with Gasteiger partial charge in [0.1, 0.15) is 0 Å². The number of aromatic amines is 1. The summed E-state index contributed by atoms with van der Waals surface area (Å²) in [5.74, 6) is -0.130. The maximum Gasteiger partial charge on any atom is 0.273 e. The number of fused-ring (bicyclic) bond motifs is 1. The summed E-state index contributed by atoms with van der Waals surface area (Å²) in [6.07, 6.45) is 0.775. The quantitative estimate of drug-likeness (QED) is 0.487. The number of hydrogen-bond donors (Lipinski definition) is 2. The van der Waals surface area contributed by atoms with Crippen molar-refractivity contribution in [3.63, 3.8) is 0 Å². The maximum absolute atomic E-state index is 10.9. The van der Waals surface area contributed by atoms with Gasteiger partial charge < -0.3 is 5.32 Å². The monoisotopic (exact) mass is 138 g/mol. The second-order valence-electron chi connectivity index (χ2n) is 2.12. The SMILES string of the molecule is O=C1NCCc2n[nH]nc21. The fraction of sp³-hybridized carbons (Fsp3) is 0.400. The van der Waals surface area contributed by atoms with Crippen molar-refractivity contribution in [1.29, 1.82) is 0 Å². The molecule has 52 valence electrons. The van der Waals surface area contributed by atoms with Gasteiger partial charge in [0.05, 0.1) is 5.69 Å². The van der Waals surface area contributed by atoms with E-state index >= 15 is 0 Å². The predicted octanol–water partition coefficient (Wildman–Crippen LogP) is -0.909. The van der Waals surface area contributed by atoms with Crippen LogP contribution in [0.2, 0.25) is 0 Å². The van der Waals surface area contributed by atoms with E-state index in [0.29, 0.717) is 12.2 Å². The maximum atomic E-state index is 10.9. The van der Waals surface area contributed by atoms with Crippen molar-refractivity contribution in [3.05, 3.63) is 11.4 Å². The number of nitrogens with zero attached hydrogens (tertiary/aromatic N) is 2. The second-order valence-corrected chi connectivity index (χ2v) is 2.12. The molecule has 0 saturated carbocycles. The Morgan fingerprint density at radius 1 is 1.40 bits per heavy atom. The first kappa shape index (κ1) is 5.40. The van der Waals surface area contributed by atoms with E-state index in [1.165, 1.54) is 0 Å². The van der Waals surface area contributed by atoms with Gasteiger partial charge in [-0.3, -0.25) is 4.79 Å². The van der Waals surface area contributed by atoms with E-state index in [0.717, 1.165) is 12.1 Å². The second kappa shape index (κ2) is 1.80. The lowest BCUT2D eigenvalue weighted by atomic mass is 10.2. The molecule has 5 nitrogen and oxygen atoms in total. The van der Waals surface area contributed by atoms with Gasteiger partial charge >= 0.3 is 0 Å². The van der Waals surface area contributed by atoms with Crippen LogP contribution in [0.3, 0.4) is 0 Å². The number of amides is 1. The molecule has 2 N–H and O–H groups in total. The molecule has 0 radical (unpaired) electrons. The van der Waals surface area contributed by atoms with Crippen molar-refractivity contribution in [2.45, 2.75) is 6.42 Å². The molecule has 2 heterocycles. The Morgan fingerprint density at radius 3 is 3.10 bits per heavy atom. The van der Waals surface area contributed by atoms with Crippen LogP contribution in [-0.2, 0) is 6.42 Å². The molecule has 0 aliphatic carbocycles. The highest BCUT2D eigenvalue weighted by atomic mass is 16.2. The smallest absolute Gasteiger partial charge is 0.273 e. The fourth-order valence-corrected chi connectivity index (χ4v) is 0.987. The fourth-order valence-electron chi connectivity index (χ4n) is 0.987. The third-order valence-corrected chi connectivity index (χ3v) is 1.48. The lowest BCUT2D eigenvalue weighted by Gasteiger charge is -2.07. The molecule has 0 aromatic carbocycles. The molecule has 1 aliphatic heterocycles. The molecule has 0 atom stereocenters. The highest BCUT2D eigenvalue weighted by molar-refractivity contribution is 5.94. The van der Waals surface area contributed by atoms with Gasteiger partial charge in [0, 0.05) is 13.0 Å². The average molecular weight is 138 g/mol. The zero-order valence-corrected chi connectivity index (χ0v) is 5.22. The van der Waals surface area contributed by atoms with Crippen LogP contribution in [0.25, 0.3) is 0 Å². The third kappa shape index (κ3) is 0.601. The van der Waals surface area contributed by atoms with Crippen LogP contribution in [0.5, 0.6) is 0 Å². The highest BCUT2D eigenvalue weighted by Crippen LogP contribution is 2.04. The molecule has 5 heteroatoms. The lowest BCUT2D eigenvalue weighted by Crippen LogP contribution is -2.31. The molecule has 1 aromatic heterocycles. The number of carbonyl (C=O) groups excluding carboxylic acids is 1. The summed E-state index contributed by atoms with van der Waals surface area (Å²) in [4.78, 5) is 10.9. The van der Waals surface area contributed by atoms with Crippen molar-refractivity contribution in [3.8, 4) is 0 Å². The van der Waals surface area contributed by atoms with Gasteiger partial charge in [-0.1, -0.05) is 0 Å². The zero-order chi connectivity index (χ0) is 6.97. The van der Waals surface area contributed by atoms with E-state index in [4.69, 9.17) is 0 Å². The van der Waals surface area contributed by atoms with E-state index < -0.39 is 0 Å². The van der Waals surface area contributed by atoms with Gasteiger partial charge in [0.2, 0.25) is 0 Å². The Labute approximate surface area is 56.8 Å². The van der Waals surface area contributed by atoms with E-state index in [9.17, 15) is 4.79 Å². The van der Waals surface area contributed by atoms with Crippen LogP contribution in [0, 0.1) is 0 Å². The summed E-state index contributed by atoms with van der Waals surface area (Å²) in [7, 11) is 0. The summed E-state index contributed by atoms with van der Waals surface area (Å²) < 4.78 is 0. The molecule has 0 bridgehead atoms. The molecule has 2 rings (SSSR count). The summed E-state index contributed by atoms with van der Waals surface area (Å²) in [5.41, 5.74) is 1.20. The van der Waals surface area contributed by atoms with Gasteiger partial charge in [-0.2, -0.15) is 15.4 Å². The lowest BCUT2D eigenvalue weighted by molar-refractivity contribution is 0.0940. The van der Waals surface area contributed by atoms with Crippen molar-refractivity contribution < 1.29 is 4.79 Å². The van der Waals surface area contributed by atoms with Gasteiger partial charge in [-0.15, -0.1) is 0 Å². The number of hydrogen-bond acceptors (Lipinski definition) is 3. The highest BCUT2D eigenvalue weighted by Gasteiger charge is 2.19. The van der Waals surface area contributed by atoms with Crippen LogP contribution >= 0.6 is 0 Å². The normalized spacial score (nSPS) is 16.2. The summed E-state index contributed by atoms with van der Waals surface area (Å²) in [6.45, 7) is 0.665. The molecular formula is C5H6N4O. The van der Waals surface area contributed by atoms with Crippen molar-refractivity contribution in [2.24, 2.45) is 0 Å². The predicted molar refractivity (Wildman–Crippen MR) is 32.4 cm³/mol. The molecule has 1 aromatic rings. The molecular weight excluding hydrogens is 132 g/mol. The van der Waals surface area contributed by atoms with E-state index in [1.807, 2.05) is 0 Å². The van der Waals surface area contributed by atoms with Crippen LogP contribution in [0.1, 0.15) is 16.2 Å². The Bertz CT molecular complexity index is 266.